The second kappa shape index (κ2) is 23.8. The smallest absolute Gasteiger partial charge is 0.340 e. The number of rotatable bonds is 22. The minimum Gasteiger partial charge on any atom is -0.482 e. The Morgan fingerprint density at radius 2 is 1.64 bits per heavy atom. The van der Waals surface area contributed by atoms with Crippen LogP contribution in [0.1, 0.15) is 69.3 Å². The van der Waals surface area contributed by atoms with Crippen molar-refractivity contribution < 1.29 is 93.5 Å². The van der Waals surface area contributed by atoms with Crippen LogP contribution in [0.3, 0.4) is 0 Å². The molecular formula is C47H53N9O21P2S2. The maximum Gasteiger partial charge on any atom is 0.340 e. The van der Waals surface area contributed by atoms with Gasteiger partial charge in [0.2, 0.25) is 0 Å². The lowest BCUT2D eigenvalue weighted by atomic mass is 9.81. The van der Waals surface area contributed by atoms with E-state index in [1.807, 2.05) is 12.1 Å². The molecule has 81 heavy (non-hydrogen) atoms. The van der Waals surface area contributed by atoms with E-state index in [2.05, 4.69) is 20.8 Å². The van der Waals surface area contributed by atoms with Gasteiger partial charge in [0.25, 0.3) is 26.1 Å². The molecule has 0 radical (unpaired) electrons. The van der Waals surface area contributed by atoms with Crippen molar-refractivity contribution in [3.8, 4) is 17.0 Å². The number of unbranched alkanes of at least 4 members (excludes halogenated alkanes) is 3. The molecule has 2 aliphatic heterocycles. The highest BCUT2D eigenvalue weighted by Crippen LogP contribution is 2.55. The molecular weight excluding hydrogens is 1150 g/mol. The summed E-state index contributed by atoms with van der Waals surface area (Å²) in [6, 6.07) is 14.6. The second-order valence-electron chi connectivity index (χ2n) is 18.8. The van der Waals surface area contributed by atoms with Gasteiger partial charge in [-0.05, 0) is 54.3 Å². The van der Waals surface area contributed by atoms with Crippen LogP contribution in [0.4, 0.5) is 5.69 Å². The third kappa shape index (κ3) is 13.7. The number of carbonyl (C=O) groups is 2. The zero-order chi connectivity index (χ0) is 58.9. The molecule has 3 aliphatic rings. The third-order valence-corrected chi connectivity index (χ3v) is 18.6. The van der Waals surface area contributed by atoms with Gasteiger partial charge < -0.3 is 65.3 Å². The Morgan fingerprint density at radius 3 is 2.32 bits per heavy atom. The van der Waals surface area contributed by atoms with E-state index in [1.54, 1.807) is 23.0 Å². The Bertz CT molecular complexity index is 3840. The molecule has 34 heteroatoms. The van der Waals surface area contributed by atoms with Crippen molar-refractivity contribution in [3.05, 3.63) is 135 Å². The average Bonchev–Trinajstić information content (AvgIpc) is 3.97. The van der Waals surface area contributed by atoms with Crippen molar-refractivity contribution in [2.24, 2.45) is 12.2 Å². The number of carboxylic acids is 1. The van der Waals surface area contributed by atoms with E-state index in [0.29, 0.717) is 30.6 Å². The van der Waals surface area contributed by atoms with Crippen LogP contribution in [-0.2, 0) is 63.7 Å². The number of nitrogens with zero attached hydrogens (tertiary/aromatic N) is 6. The first-order valence-electron chi connectivity index (χ1n) is 24.2. The lowest BCUT2D eigenvalue weighted by Crippen LogP contribution is -2.47. The van der Waals surface area contributed by atoms with Gasteiger partial charge in [0.1, 0.15) is 36.7 Å². The minimum absolute atomic E-state index is 0.00147. The van der Waals surface area contributed by atoms with E-state index in [1.165, 1.54) is 43.6 Å². The fourth-order valence-corrected chi connectivity index (χ4v) is 13.4. The van der Waals surface area contributed by atoms with E-state index >= 15 is 0 Å². The van der Waals surface area contributed by atoms with Crippen LogP contribution in [0, 0.1) is 5.41 Å². The number of ether oxygens (including phenoxy) is 2. The number of aliphatic hydroxyl groups excluding tert-OH is 2. The maximum atomic E-state index is 13.3. The van der Waals surface area contributed by atoms with Crippen LogP contribution in [0.15, 0.2) is 106 Å². The molecule has 1 amide bonds. The van der Waals surface area contributed by atoms with Crippen molar-refractivity contribution in [1.29, 1.82) is 5.41 Å². The highest BCUT2D eigenvalue weighted by molar-refractivity contribution is 7.87. The molecule has 1 aliphatic carbocycles. The van der Waals surface area contributed by atoms with E-state index in [9.17, 15) is 69.7 Å². The Hall–Kier alpha value is -7.03. The van der Waals surface area contributed by atoms with Crippen molar-refractivity contribution in [2.75, 3.05) is 24.8 Å². The number of benzene rings is 3. The number of hydrogen-bond acceptors (Lipinski definition) is 20. The topological polar surface area (TPSA) is 467 Å². The van der Waals surface area contributed by atoms with Gasteiger partial charge in [-0.2, -0.15) is 16.8 Å². The second-order valence-corrected chi connectivity index (χ2v) is 25.7. The fraction of sp³-hybridized carbons (Fsp3) is 0.340. The SMILES string of the molecule is Cn1c(=O)n([C@@H]2O[C@H](COP(=O)(O)CP(=O)(O)O)C(O)[C@@H]2O)cc/c1=N/OCc1ccc(-c2cn(CCCCCCNC(=O)c3ccc(C4=C5C=CC(=N)C(S(=O)(=O)O)C5Oc5c4ccc(N)c5S(=O)(=O)O)c(C(=O)O)c3)nn2)cc1. The number of hydrogen-bond donors (Lipinski definition) is 11. The van der Waals surface area contributed by atoms with Gasteiger partial charge in [0.15, 0.2) is 33.5 Å². The number of aromatic carboxylic acids is 1. The lowest BCUT2D eigenvalue weighted by Gasteiger charge is -2.36. The average molecular weight is 1210 g/mol. The number of fused-ring (bicyclic) bond motifs is 2. The Labute approximate surface area is 459 Å². The highest BCUT2D eigenvalue weighted by Gasteiger charge is 2.48. The first-order valence-corrected chi connectivity index (χ1v) is 30.7. The summed E-state index contributed by atoms with van der Waals surface area (Å²) in [7, 11) is -18.6. The zero-order valence-corrected chi connectivity index (χ0v) is 45.7. The lowest BCUT2D eigenvalue weighted by molar-refractivity contribution is -0.0530. The molecule has 0 spiro atoms. The number of carboxylic acid groups (broad SMARTS) is 1. The normalized spacial score (nSPS) is 21.0. The zero-order valence-electron chi connectivity index (χ0n) is 42.3. The first kappa shape index (κ1) is 60.1. The van der Waals surface area contributed by atoms with Crippen LogP contribution < -0.4 is 27.0 Å². The summed E-state index contributed by atoms with van der Waals surface area (Å²) < 4.78 is 113. The summed E-state index contributed by atoms with van der Waals surface area (Å²) in [5, 5.41) is 52.9. The highest BCUT2D eigenvalue weighted by atomic mass is 32.2. The molecule has 0 bridgehead atoms. The van der Waals surface area contributed by atoms with Crippen molar-refractivity contribution >= 4 is 64.3 Å². The van der Waals surface area contributed by atoms with Gasteiger partial charge in [-0.3, -0.25) is 36.8 Å². The molecule has 434 valence electrons. The minimum atomic E-state index is -5.15. The molecule has 0 saturated carbocycles. The molecule has 3 aromatic carbocycles. The molecule has 7 atom stereocenters. The van der Waals surface area contributed by atoms with Crippen molar-refractivity contribution in [1.82, 2.24) is 29.4 Å². The number of aryl methyl sites for hydroxylation is 1. The van der Waals surface area contributed by atoms with Crippen LogP contribution in [0.5, 0.6) is 5.75 Å². The molecule has 1 saturated heterocycles. The summed E-state index contributed by atoms with van der Waals surface area (Å²) >= 11 is 0. The molecule has 4 unspecified atom stereocenters. The Kier molecular flexibility index (Phi) is 17.7. The number of anilines is 1. The van der Waals surface area contributed by atoms with Crippen molar-refractivity contribution in [2.45, 2.75) is 79.6 Å². The number of aromatic nitrogens is 5. The number of nitrogens with two attached hydrogens (primary N) is 1. The molecule has 4 heterocycles. The molecule has 12 N–H and O–H groups in total. The third-order valence-electron chi connectivity index (χ3n) is 13.1. The number of amides is 1. The summed E-state index contributed by atoms with van der Waals surface area (Å²) in [5.74, 6) is -4.24. The van der Waals surface area contributed by atoms with Gasteiger partial charge in [-0.1, -0.05) is 59.6 Å². The number of nitrogens with one attached hydrogen (secondary N) is 2. The summed E-state index contributed by atoms with van der Waals surface area (Å²) in [6.45, 7) is -0.0518. The van der Waals surface area contributed by atoms with Gasteiger partial charge in [0.05, 0.1) is 29.8 Å². The van der Waals surface area contributed by atoms with E-state index in [-0.39, 0.29) is 46.5 Å². The molecule has 1 fully saturated rings. The Morgan fingerprint density at radius 1 is 0.938 bits per heavy atom. The number of carbonyl (C=O) groups excluding carboxylic acids is 1. The fourth-order valence-electron chi connectivity index (χ4n) is 9.16. The van der Waals surface area contributed by atoms with E-state index in [4.69, 9.17) is 39.8 Å². The molecule has 5 aromatic rings. The van der Waals surface area contributed by atoms with E-state index in [0.717, 1.165) is 45.7 Å². The molecule has 30 nitrogen and oxygen atoms in total. The monoisotopic (exact) mass is 1210 g/mol. The molecule has 2 aromatic heterocycles. The van der Waals surface area contributed by atoms with E-state index < -0.39 is 129 Å². The quantitative estimate of drug-likeness (QED) is 0.0153. The standard InChI is InChI=1S/C47H53N9O21P2S2/c1-54-36(16-19-56(47(54)62)45-39(58)38(57)35(76-45)23-75-79(66,67)24-78(63,64)65)52-74-22-25-6-8-26(9-7-25)34-21-55(53-51-34)18-5-3-2-4-17-50-44(59)27-10-11-28(31(20-27)46(60)61)37-29-12-14-32(48)42(80(68,69)70)40(29)77-41-30(37)13-15-33(49)43(41)81(71,72)73/h6-16,19-21,35,38-40,42,45,48,57-58H,2-5,17-18,22-24,49H2,1H3,(H,50,59)(H,60,61)(H,66,67)(H2,63,64,65)(H,68,69,70)(H,71,72,73)/b48-32?,52-36-/t35-,38?,39+,40?,42?,45-/m1/s1. The summed E-state index contributed by atoms with van der Waals surface area (Å²) in [5.41, 5.74) is 5.30. The van der Waals surface area contributed by atoms with Gasteiger partial charge in [0, 0.05) is 60.2 Å². The Balaban J connectivity index is 0.813. The molecule has 8 rings (SSSR count). The summed E-state index contributed by atoms with van der Waals surface area (Å²) in [4.78, 5) is 71.6. The van der Waals surface area contributed by atoms with Gasteiger partial charge in [-0.25, -0.2) is 9.59 Å². The van der Waals surface area contributed by atoms with Crippen LogP contribution in [0.25, 0.3) is 16.8 Å². The van der Waals surface area contributed by atoms with Gasteiger partial charge >= 0.3 is 26.9 Å². The first-order chi connectivity index (χ1) is 38.0. The predicted octanol–water partition coefficient (Wildman–Crippen LogP) is 1.36. The predicted molar refractivity (Wildman–Crippen MR) is 282 cm³/mol. The van der Waals surface area contributed by atoms with Gasteiger partial charge in [-0.15, -0.1) is 5.10 Å². The largest absolute Gasteiger partial charge is 0.482 e. The number of allylic oxidation sites excluding steroid dienone is 1. The number of aliphatic hydroxyl groups is 2. The van der Waals surface area contributed by atoms with Crippen LogP contribution >= 0.6 is 15.2 Å². The summed E-state index contributed by atoms with van der Waals surface area (Å²) in [6.07, 6.45) is -0.0446. The van der Waals surface area contributed by atoms with Crippen LogP contribution in [-0.4, -0.2) is 146 Å². The number of nitrogen functional groups attached to an aromatic ring is 1. The maximum absolute atomic E-state index is 13.3. The van der Waals surface area contributed by atoms with Crippen molar-refractivity contribution in [3.63, 3.8) is 0 Å². The van der Waals surface area contributed by atoms with Crippen LogP contribution in [0.2, 0.25) is 0 Å².